The Hall–Kier alpha value is -5.12. The van der Waals surface area contributed by atoms with Crippen LogP contribution in [0.1, 0.15) is 80.0 Å². The summed E-state index contributed by atoms with van der Waals surface area (Å²) < 4.78 is 115. The third-order valence-corrected chi connectivity index (χ3v) is 10.2. The number of aromatic amines is 1. The van der Waals surface area contributed by atoms with E-state index in [-0.39, 0.29) is 56.2 Å². The number of pyridine rings is 1. The highest BCUT2D eigenvalue weighted by molar-refractivity contribution is 7.92. The summed E-state index contributed by atoms with van der Waals surface area (Å²) in [7, 11) is -3.82. The zero-order valence-electron chi connectivity index (χ0n) is 30.3. The number of nitrogens with zero attached hydrogens (tertiary/aromatic N) is 4. The van der Waals surface area contributed by atoms with Crippen molar-refractivity contribution in [2.24, 2.45) is 5.92 Å². The molecule has 56 heavy (non-hydrogen) atoms. The summed E-state index contributed by atoms with van der Waals surface area (Å²) in [5, 5.41) is 23.8. The summed E-state index contributed by atoms with van der Waals surface area (Å²) >= 11 is 6.50. The first kappa shape index (κ1) is 40.5. The number of anilines is 1. The van der Waals surface area contributed by atoms with E-state index in [2.05, 4.69) is 42.2 Å². The van der Waals surface area contributed by atoms with Gasteiger partial charge in [0.15, 0.2) is 5.82 Å². The highest BCUT2D eigenvalue weighted by atomic mass is 35.5. The number of aromatic nitrogens is 5. The van der Waals surface area contributed by atoms with Crippen LogP contribution in [0.4, 0.5) is 32.2 Å². The number of alkyl halides is 4. The van der Waals surface area contributed by atoms with Crippen molar-refractivity contribution in [3.8, 4) is 23.0 Å². The minimum Gasteiger partial charge on any atom is -0.378 e. The van der Waals surface area contributed by atoms with Crippen molar-refractivity contribution in [2.75, 3.05) is 11.0 Å². The Morgan fingerprint density at radius 2 is 1.75 bits per heavy atom. The van der Waals surface area contributed by atoms with Crippen molar-refractivity contribution in [1.82, 2.24) is 30.3 Å². The number of hydrogen-bond donors (Lipinski definition) is 4. The third kappa shape index (κ3) is 8.20. The zero-order chi connectivity index (χ0) is 41.1. The summed E-state index contributed by atoms with van der Waals surface area (Å²) in [4.78, 5) is 18.6. The van der Waals surface area contributed by atoms with E-state index in [4.69, 9.17) is 11.6 Å². The Bertz CT molecular complexity index is 2520. The lowest BCUT2D eigenvalue weighted by molar-refractivity contribution is -0.123. The topological polar surface area (TPSA) is 155 Å². The molecular formula is C37H34ClF6N7O4S. The molecule has 5 aromatic rings. The molecule has 0 saturated carbocycles. The lowest BCUT2D eigenvalue weighted by Crippen LogP contribution is -2.35. The van der Waals surface area contributed by atoms with Crippen LogP contribution in [0.3, 0.4) is 0 Å². The van der Waals surface area contributed by atoms with Gasteiger partial charge in [-0.1, -0.05) is 37.4 Å². The lowest BCUT2D eigenvalue weighted by atomic mass is 9.93. The Morgan fingerprint density at radius 1 is 1.09 bits per heavy atom. The van der Waals surface area contributed by atoms with Gasteiger partial charge in [0.25, 0.3) is 12.3 Å². The predicted molar refractivity (Wildman–Crippen MR) is 196 cm³/mol. The van der Waals surface area contributed by atoms with E-state index in [0.29, 0.717) is 16.3 Å². The average molecular weight is 822 g/mol. The van der Waals surface area contributed by atoms with Crippen molar-refractivity contribution < 1.29 is 44.7 Å². The number of carbonyl (C=O) groups excluding carboxylic acids is 1. The molecule has 3 atom stereocenters. The van der Waals surface area contributed by atoms with Crippen LogP contribution >= 0.6 is 11.6 Å². The molecule has 1 aliphatic carbocycles. The van der Waals surface area contributed by atoms with Gasteiger partial charge in [0.05, 0.1) is 33.9 Å². The average Bonchev–Trinajstić information content (AvgIpc) is 3.72. The van der Waals surface area contributed by atoms with E-state index in [1.165, 1.54) is 45.9 Å². The Balaban J connectivity index is 1.52. The summed E-state index contributed by atoms with van der Waals surface area (Å²) in [6.45, 7) is 4.51. The Morgan fingerprint density at radius 3 is 2.38 bits per heavy atom. The third-order valence-electron chi connectivity index (χ3n) is 9.30. The number of benzene rings is 2. The number of aliphatic hydroxyl groups is 1. The quantitative estimate of drug-likeness (QED) is 0.0864. The Kier molecular flexibility index (Phi) is 10.7. The Labute approximate surface area is 321 Å². The number of fused-ring (bicyclic) bond motifs is 2. The van der Waals surface area contributed by atoms with Gasteiger partial charge in [-0.05, 0) is 68.0 Å². The molecule has 296 valence electrons. The molecule has 6 rings (SSSR count). The first-order chi connectivity index (χ1) is 26.0. The van der Waals surface area contributed by atoms with Gasteiger partial charge in [0.2, 0.25) is 15.9 Å². The molecule has 4 N–H and O–H groups in total. The second-order valence-electron chi connectivity index (χ2n) is 14.1. The molecule has 1 aliphatic rings. The zero-order valence-corrected chi connectivity index (χ0v) is 31.9. The van der Waals surface area contributed by atoms with E-state index < -0.39 is 81.3 Å². The van der Waals surface area contributed by atoms with Gasteiger partial charge in [-0.25, -0.2) is 31.0 Å². The van der Waals surface area contributed by atoms with Crippen LogP contribution in [0.2, 0.25) is 5.02 Å². The van der Waals surface area contributed by atoms with Crippen molar-refractivity contribution in [1.29, 1.82) is 0 Å². The summed E-state index contributed by atoms with van der Waals surface area (Å²) in [6.07, 6.45) is -2.65. The molecule has 0 aliphatic heterocycles. The van der Waals surface area contributed by atoms with Crippen LogP contribution in [-0.2, 0) is 33.7 Å². The van der Waals surface area contributed by atoms with Gasteiger partial charge < -0.3 is 10.4 Å². The minimum absolute atomic E-state index is 0.00736. The second kappa shape index (κ2) is 14.8. The number of halogens is 7. The fraction of sp³-hybridized carbons (Fsp3) is 0.351. The molecule has 0 unspecified atom stereocenters. The fourth-order valence-electron chi connectivity index (χ4n) is 6.73. The fourth-order valence-corrected chi connectivity index (χ4v) is 7.47. The maximum absolute atomic E-state index is 15.5. The van der Waals surface area contributed by atoms with E-state index in [0.717, 1.165) is 18.4 Å². The van der Waals surface area contributed by atoms with Crippen LogP contribution < -0.4 is 10.0 Å². The SMILES string of the molecule is C[C@@H]1c2c(C(F)F)nn(CC(=O)N[C@@H](Cc3cc(F)cc(F)c3)c3nc(C#CC(C)(C)O)ccc3-c3ccc(Cl)c4c(NS(C)(=O)=O)n[nH]c34)c2C(F)(F)[C@@H]1C. The van der Waals surface area contributed by atoms with Gasteiger partial charge in [0.1, 0.15) is 40.9 Å². The lowest BCUT2D eigenvalue weighted by Gasteiger charge is -2.23. The van der Waals surface area contributed by atoms with Crippen molar-refractivity contribution >= 4 is 44.3 Å². The molecule has 2 aromatic carbocycles. The smallest absolute Gasteiger partial charge is 0.292 e. The van der Waals surface area contributed by atoms with Gasteiger partial charge >= 0.3 is 0 Å². The minimum atomic E-state index is -3.82. The van der Waals surface area contributed by atoms with E-state index in [9.17, 15) is 35.9 Å². The van der Waals surface area contributed by atoms with E-state index in [1.807, 2.05) is 0 Å². The van der Waals surface area contributed by atoms with Gasteiger partial charge in [-0.2, -0.15) is 19.0 Å². The van der Waals surface area contributed by atoms with E-state index >= 15 is 8.78 Å². The summed E-state index contributed by atoms with van der Waals surface area (Å²) in [5.41, 5.74) is -2.61. The monoisotopic (exact) mass is 821 g/mol. The van der Waals surface area contributed by atoms with Crippen LogP contribution in [0.25, 0.3) is 22.0 Å². The molecule has 0 fully saturated rings. The van der Waals surface area contributed by atoms with E-state index in [1.54, 1.807) is 6.07 Å². The van der Waals surface area contributed by atoms with Crippen LogP contribution in [0.5, 0.6) is 0 Å². The molecule has 0 spiro atoms. The standard InChI is InChI=1S/C37H34ClF6N7O4S/c1-17-18(2)37(43,44)33-28(17)32(34(41)42)49-51(33)16-27(52)46-26(14-19-12-20(39)15-21(40)13-19)30-23(7-6-22(45-30)10-11-36(3,4)53)24-8-9-25(38)29-31(24)47-48-35(29)50-56(5,54)55/h6-9,12-13,15,17-18,26,34,53H,14,16H2,1-5H3,(H,46,52)(H2,47,48,50)/t17-,18+,26-/m0/s1. The van der Waals surface area contributed by atoms with Crippen molar-refractivity contribution in [3.05, 3.63) is 93.0 Å². The molecule has 0 saturated heterocycles. The summed E-state index contributed by atoms with van der Waals surface area (Å²) in [6, 6.07) is 7.33. The highest BCUT2D eigenvalue weighted by Crippen LogP contribution is 2.54. The van der Waals surface area contributed by atoms with Crippen LogP contribution in [-0.4, -0.2) is 56.3 Å². The molecule has 3 aromatic heterocycles. The maximum atomic E-state index is 15.5. The van der Waals surface area contributed by atoms with Crippen LogP contribution in [0, 0.1) is 29.4 Å². The number of rotatable bonds is 10. The predicted octanol–water partition coefficient (Wildman–Crippen LogP) is 7.13. The molecule has 19 heteroatoms. The molecule has 0 bridgehead atoms. The van der Waals surface area contributed by atoms with Crippen molar-refractivity contribution in [3.63, 3.8) is 0 Å². The molecular weight excluding hydrogens is 788 g/mol. The van der Waals surface area contributed by atoms with Gasteiger partial charge in [-0.3, -0.25) is 19.3 Å². The second-order valence-corrected chi connectivity index (χ2v) is 16.3. The molecule has 1 amide bonds. The largest absolute Gasteiger partial charge is 0.378 e. The normalized spacial score (nSPS) is 17.1. The maximum Gasteiger partial charge on any atom is 0.292 e. The molecule has 0 radical (unpaired) electrons. The first-order valence-corrected chi connectivity index (χ1v) is 19.2. The van der Waals surface area contributed by atoms with Crippen LogP contribution in [0.15, 0.2) is 42.5 Å². The summed E-state index contributed by atoms with van der Waals surface area (Å²) in [5.74, 6) is -3.62. The number of amides is 1. The first-order valence-electron chi connectivity index (χ1n) is 17.0. The van der Waals surface area contributed by atoms with Gasteiger partial charge in [-0.15, -0.1) is 0 Å². The van der Waals surface area contributed by atoms with Gasteiger partial charge in [0, 0.05) is 28.7 Å². The highest BCUT2D eigenvalue weighted by Gasteiger charge is 2.55. The van der Waals surface area contributed by atoms with Crippen molar-refractivity contribution in [2.45, 2.75) is 70.6 Å². The number of hydrogen-bond acceptors (Lipinski definition) is 7. The number of nitrogens with one attached hydrogen (secondary N) is 3. The number of carbonyl (C=O) groups is 1. The number of H-pyrrole nitrogens is 1. The molecule has 3 heterocycles. The number of sulfonamides is 1. The molecule has 11 nitrogen and oxygen atoms in total.